The van der Waals surface area contributed by atoms with Crippen molar-refractivity contribution in [2.24, 2.45) is 0 Å². The van der Waals surface area contributed by atoms with Gasteiger partial charge in [-0.15, -0.1) is 11.3 Å². The van der Waals surface area contributed by atoms with Crippen LogP contribution in [0.5, 0.6) is 5.75 Å². The fraction of sp³-hybridized carbons (Fsp3) is 0.333. The summed E-state index contributed by atoms with van der Waals surface area (Å²) in [6.45, 7) is 3.02. The standard InChI is InChI=1S/C15H17NO3S2/c1-2-13-4-6-15(20-13)21(17,18)16-10-11-3-5-14-12(9-11)7-8-19-14/h3-6,9,16H,2,7-8,10H2,1H3. The van der Waals surface area contributed by atoms with E-state index in [9.17, 15) is 8.42 Å². The van der Waals surface area contributed by atoms with Crippen molar-refractivity contribution in [2.75, 3.05) is 6.61 Å². The highest BCUT2D eigenvalue weighted by Crippen LogP contribution is 2.26. The number of sulfonamides is 1. The van der Waals surface area contributed by atoms with Crippen molar-refractivity contribution in [3.63, 3.8) is 0 Å². The summed E-state index contributed by atoms with van der Waals surface area (Å²) in [5.41, 5.74) is 2.10. The number of thiophene rings is 1. The first kappa shape index (κ1) is 14.6. The van der Waals surface area contributed by atoms with E-state index in [0.29, 0.717) is 17.4 Å². The average molecular weight is 323 g/mol. The lowest BCUT2D eigenvalue weighted by atomic mass is 10.1. The maximum atomic E-state index is 12.2. The summed E-state index contributed by atoms with van der Waals surface area (Å²) in [6.07, 6.45) is 1.74. The first-order valence-corrected chi connectivity index (χ1v) is 9.21. The number of benzene rings is 1. The molecule has 6 heteroatoms. The third-order valence-electron chi connectivity index (χ3n) is 3.47. The van der Waals surface area contributed by atoms with Crippen molar-refractivity contribution in [1.29, 1.82) is 0 Å². The predicted octanol–water partition coefficient (Wildman–Crippen LogP) is 2.72. The Morgan fingerprint density at radius 1 is 1.29 bits per heavy atom. The van der Waals surface area contributed by atoms with E-state index in [-0.39, 0.29) is 0 Å². The molecule has 1 aliphatic rings. The molecule has 1 aromatic heterocycles. The summed E-state index contributed by atoms with van der Waals surface area (Å²) in [5, 5.41) is 0. The molecule has 0 unspecified atom stereocenters. The molecular formula is C15H17NO3S2. The highest BCUT2D eigenvalue weighted by atomic mass is 32.2. The Bertz CT molecular complexity index is 750. The van der Waals surface area contributed by atoms with E-state index < -0.39 is 10.0 Å². The van der Waals surface area contributed by atoms with Crippen LogP contribution in [0.25, 0.3) is 0 Å². The molecule has 0 spiro atoms. The molecule has 0 saturated heterocycles. The molecule has 1 aliphatic heterocycles. The van der Waals surface area contributed by atoms with Crippen LogP contribution in [0.3, 0.4) is 0 Å². The second kappa shape index (κ2) is 5.79. The Kier molecular flexibility index (Phi) is 4.01. The van der Waals surface area contributed by atoms with E-state index in [1.807, 2.05) is 31.2 Å². The van der Waals surface area contributed by atoms with Crippen molar-refractivity contribution in [3.05, 3.63) is 46.3 Å². The van der Waals surface area contributed by atoms with Gasteiger partial charge in [-0.2, -0.15) is 0 Å². The van der Waals surface area contributed by atoms with E-state index in [4.69, 9.17) is 4.74 Å². The molecular weight excluding hydrogens is 306 g/mol. The quantitative estimate of drug-likeness (QED) is 0.920. The zero-order valence-corrected chi connectivity index (χ0v) is 13.4. The van der Waals surface area contributed by atoms with E-state index >= 15 is 0 Å². The van der Waals surface area contributed by atoms with Gasteiger partial charge in [0, 0.05) is 17.8 Å². The van der Waals surface area contributed by atoms with Gasteiger partial charge in [0.1, 0.15) is 9.96 Å². The first-order chi connectivity index (χ1) is 10.1. The van der Waals surface area contributed by atoms with Crippen molar-refractivity contribution < 1.29 is 13.2 Å². The summed E-state index contributed by atoms with van der Waals surface area (Å²) >= 11 is 1.32. The number of rotatable bonds is 5. The van der Waals surface area contributed by atoms with Crippen molar-refractivity contribution in [1.82, 2.24) is 4.72 Å². The number of hydrogen-bond acceptors (Lipinski definition) is 4. The van der Waals surface area contributed by atoms with Gasteiger partial charge in [-0.3, -0.25) is 0 Å². The minimum atomic E-state index is -3.42. The second-order valence-electron chi connectivity index (χ2n) is 4.94. The number of aryl methyl sites for hydroxylation is 1. The summed E-state index contributed by atoms with van der Waals surface area (Å²) < 4.78 is 33.0. The van der Waals surface area contributed by atoms with Crippen LogP contribution in [0.4, 0.5) is 0 Å². The molecule has 0 bridgehead atoms. The van der Waals surface area contributed by atoms with Crippen LogP contribution in [0.15, 0.2) is 34.5 Å². The molecule has 0 aliphatic carbocycles. The SMILES string of the molecule is CCc1ccc(S(=O)(=O)NCc2ccc3c(c2)CCO3)s1. The summed E-state index contributed by atoms with van der Waals surface area (Å²) in [5.74, 6) is 0.910. The minimum Gasteiger partial charge on any atom is -0.493 e. The molecule has 3 rings (SSSR count). The molecule has 1 N–H and O–H groups in total. The molecule has 4 nitrogen and oxygen atoms in total. The van der Waals surface area contributed by atoms with Crippen LogP contribution in [-0.2, 0) is 29.4 Å². The molecule has 112 valence electrons. The Morgan fingerprint density at radius 2 is 2.14 bits per heavy atom. The second-order valence-corrected chi connectivity index (χ2v) is 8.10. The maximum Gasteiger partial charge on any atom is 0.250 e. The highest BCUT2D eigenvalue weighted by molar-refractivity contribution is 7.91. The van der Waals surface area contributed by atoms with Crippen LogP contribution >= 0.6 is 11.3 Å². The smallest absolute Gasteiger partial charge is 0.250 e. The molecule has 0 fully saturated rings. The fourth-order valence-electron chi connectivity index (χ4n) is 2.29. The predicted molar refractivity (Wildman–Crippen MR) is 83.4 cm³/mol. The molecule has 0 amide bonds. The fourth-order valence-corrected chi connectivity index (χ4v) is 4.65. The summed E-state index contributed by atoms with van der Waals surface area (Å²) in [6, 6.07) is 9.36. The zero-order chi connectivity index (χ0) is 14.9. The topological polar surface area (TPSA) is 55.4 Å². The van der Waals surface area contributed by atoms with Gasteiger partial charge in [0.15, 0.2) is 0 Å². The van der Waals surface area contributed by atoms with E-state index in [1.54, 1.807) is 6.07 Å². The van der Waals surface area contributed by atoms with Gasteiger partial charge in [-0.25, -0.2) is 13.1 Å². The van der Waals surface area contributed by atoms with Gasteiger partial charge >= 0.3 is 0 Å². The van der Waals surface area contributed by atoms with Crippen molar-refractivity contribution in [2.45, 2.75) is 30.5 Å². The zero-order valence-electron chi connectivity index (χ0n) is 11.8. The Morgan fingerprint density at radius 3 is 2.90 bits per heavy atom. The third kappa shape index (κ3) is 3.12. The number of ether oxygens (including phenoxy) is 1. The van der Waals surface area contributed by atoms with Crippen LogP contribution in [0.1, 0.15) is 22.9 Å². The van der Waals surface area contributed by atoms with Crippen LogP contribution in [0, 0.1) is 0 Å². The third-order valence-corrected chi connectivity index (χ3v) is 6.59. The van der Waals surface area contributed by atoms with E-state index in [2.05, 4.69) is 4.72 Å². The molecule has 21 heavy (non-hydrogen) atoms. The van der Waals surface area contributed by atoms with Gasteiger partial charge < -0.3 is 4.74 Å². The molecule has 0 radical (unpaired) electrons. The highest BCUT2D eigenvalue weighted by Gasteiger charge is 2.17. The maximum absolute atomic E-state index is 12.2. The van der Waals surface area contributed by atoms with Crippen LogP contribution in [0.2, 0.25) is 0 Å². The van der Waals surface area contributed by atoms with Gasteiger partial charge in [0.2, 0.25) is 10.0 Å². The van der Waals surface area contributed by atoms with E-state index in [0.717, 1.165) is 34.6 Å². The lowest BCUT2D eigenvalue weighted by molar-refractivity contribution is 0.357. The van der Waals surface area contributed by atoms with Gasteiger partial charge in [-0.1, -0.05) is 19.1 Å². The minimum absolute atomic E-state index is 0.301. The largest absolute Gasteiger partial charge is 0.493 e. The summed E-state index contributed by atoms with van der Waals surface area (Å²) in [7, 11) is -3.42. The Labute approximate surface area is 128 Å². The average Bonchev–Trinajstić information content (AvgIpc) is 3.13. The number of fused-ring (bicyclic) bond motifs is 1. The first-order valence-electron chi connectivity index (χ1n) is 6.91. The lowest BCUT2D eigenvalue weighted by Crippen LogP contribution is -2.22. The van der Waals surface area contributed by atoms with Crippen molar-refractivity contribution >= 4 is 21.4 Å². The Balaban J connectivity index is 1.71. The van der Waals surface area contributed by atoms with Gasteiger partial charge in [0.25, 0.3) is 0 Å². The van der Waals surface area contributed by atoms with Gasteiger partial charge in [0.05, 0.1) is 6.61 Å². The van der Waals surface area contributed by atoms with Crippen molar-refractivity contribution in [3.8, 4) is 5.75 Å². The molecule has 2 heterocycles. The number of nitrogens with one attached hydrogen (secondary N) is 1. The molecule has 0 atom stereocenters. The number of hydrogen-bond donors (Lipinski definition) is 1. The summed E-state index contributed by atoms with van der Waals surface area (Å²) in [4.78, 5) is 1.07. The monoisotopic (exact) mass is 323 g/mol. The van der Waals surface area contributed by atoms with E-state index in [1.165, 1.54) is 11.3 Å². The Hall–Kier alpha value is -1.37. The molecule has 0 saturated carbocycles. The normalized spacial score (nSPS) is 14.0. The lowest BCUT2D eigenvalue weighted by Gasteiger charge is -2.06. The van der Waals surface area contributed by atoms with Crippen LogP contribution in [-0.4, -0.2) is 15.0 Å². The van der Waals surface area contributed by atoms with Crippen LogP contribution < -0.4 is 9.46 Å². The molecule has 2 aromatic rings. The van der Waals surface area contributed by atoms with Gasteiger partial charge in [-0.05, 0) is 35.7 Å². The molecule has 1 aromatic carbocycles.